The minimum absolute atomic E-state index is 0.0424. The van der Waals surface area contributed by atoms with Gasteiger partial charge in [-0.15, -0.1) is 0 Å². The number of amides is 1. The third-order valence-electron chi connectivity index (χ3n) is 5.51. The third-order valence-corrected chi connectivity index (χ3v) is 5.51. The molecule has 3 heterocycles. The first kappa shape index (κ1) is 19.0. The molecule has 150 valence electrons. The number of anilines is 1. The largest absolute Gasteiger partial charge is 0.353 e. The normalized spacial score (nSPS) is 16.2. The van der Waals surface area contributed by atoms with Crippen LogP contribution in [0.5, 0.6) is 0 Å². The number of nitrogens with zero attached hydrogens (tertiary/aromatic N) is 3. The lowest BCUT2D eigenvalue weighted by atomic mass is 10.1. The first-order valence-corrected chi connectivity index (χ1v) is 9.94. The van der Waals surface area contributed by atoms with Crippen LogP contribution in [0.2, 0.25) is 0 Å². The molecule has 4 rings (SSSR count). The highest BCUT2D eigenvalue weighted by Crippen LogP contribution is 2.26. The second-order valence-corrected chi connectivity index (χ2v) is 7.32. The summed E-state index contributed by atoms with van der Waals surface area (Å²) in [5.74, 6) is 0.675. The quantitative estimate of drug-likeness (QED) is 0.700. The molecule has 29 heavy (non-hydrogen) atoms. The van der Waals surface area contributed by atoms with Gasteiger partial charge in [-0.05, 0) is 38.0 Å². The van der Waals surface area contributed by atoms with Crippen LogP contribution in [0.25, 0.3) is 11.3 Å². The molecule has 1 atom stereocenters. The lowest BCUT2D eigenvalue weighted by molar-refractivity contribution is 0.0939. The summed E-state index contributed by atoms with van der Waals surface area (Å²) in [6.07, 6.45) is 0.839. The molecule has 0 spiro atoms. The highest BCUT2D eigenvalue weighted by Gasteiger charge is 2.27. The van der Waals surface area contributed by atoms with Gasteiger partial charge in [-0.25, -0.2) is 5.10 Å². The predicted molar refractivity (Wildman–Crippen MR) is 113 cm³/mol. The van der Waals surface area contributed by atoms with Gasteiger partial charge in [0.05, 0.1) is 5.56 Å². The van der Waals surface area contributed by atoms with E-state index in [2.05, 4.69) is 44.0 Å². The molecular formula is C22H25N5O2. The Labute approximate surface area is 169 Å². The minimum Gasteiger partial charge on any atom is -0.353 e. The smallest absolute Gasteiger partial charge is 0.264 e. The van der Waals surface area contributed by atoms with Gasteiger partial charge in [0.25, 0.3) is 11.5 Å². The summed E-state index contributed by atoms with van der Waals surface area (Å²) in [4.78, 5) is 26.3. The number of carbonyl (C=O) groups is 1. The molecule has 0 saturated carbocycles. The molecule has 1 aliphatic rings. The van der Waals surface area contributed by atoms with Crippen LogP contribution < -0.4 is 15.8 Å². The average molecular weight is 391 g/mol. The number of rotatable bonds is 5. The van der Waals surface area contributed by atoms with Gasteiger partial charge in [0, 0.05) is 43.1 Å². The zero-order valence-corrected chi connectivity index (χ0v) is 16.7. The van der Waals surface area contributed by atoms with Crippen molar-refractivity contribution in [3.8, 4) is 11.3 Å². The van der Waals surface area contributed by atoms with Crippen molar-refractivity contribution in [3.05, 3.63) is 70.1 Å². The third kappa shape index (κ3) is 3.81. The summed E-state index contributed by atoms with van der Waals surface area (Å²) in [5.41, 5.74) is 3.63. The Hall–Kier alpha value is -3.35. The Bertz CT molecular complexity index is 1050. The number of carbonyl (C=O) groups excluding carboxylic acids is 1. The molecule has 2 aromatic heterocycles. The topological polar surface area (TPSA) is 83.0 Å². The Morgan fingerprint density at radius 1 is 1.24 bits per heavy atom. The van der Waals surface area contributed by atoms with Crippen LogP contribution in [0.1, 0.15) is 29.4 Å². The fourth-order valence-corrected chi connectivity index (χ4v) is 3.99. The molecule has 1 fully saturated rings. The first-order valence-electron chi connectivity index (χ1n) is 9.94. The fourth-order valence-electron chi connectivity index (χ4n) is 3.99. The number of H-pyrrole nitrogens is 1. The highest BCUT2D eigenvalue weighted by atomic mass is 16.1. The maximum atomic E-state index is 13.0. The molecule has 0 radical (unpaired) electrons. The zero-order valence-electron chi connectivity index (χ0n) is 16.7. The number of hydrogen-bond acceptors (Lipinski definition) is 4. The lowest BCUT2D eigenvalue weighted by Gasteiger charge is -2.17. The number of nitrogens with one attached hydrogen (secondary N) is 2. The molecule has 1 aliphatic heterocycles. The molecule has 0 bridgehead atoms. The summed E-state index contributed by atoms with van der Waals surface area (Å²) in [6, 6.07) is 15.3. The Morgan fingerprint density at radius 2 is 2.03 bits per heavy atom. The van der Waals surface area contributed by atoms with E-state index in [1.165, 1.54) is 6.07 Å². The molecule has 1 amide bonds. The molecule has 3 aromatic rings. The van der Waals surface area contributed by atoms with Gasteiger partial charge in [-0.1, -0.05) is 30.3 Å². The van der Waals surface area contributed by atoms with Gasteiger partial charge < -0.3 is 14.8 Å². The number of benzene rings is 1. The minimum atomic E-state index is -0.220. The van der Waals surface area contributed by atoms with E-state index in [9.17, 15) is 9.59 Å². The SMILES string of the molecule is CCn1c(-c2ccccc2)cc(C(=O)NC2CCN(c3ccc(=O)[nH]n3)C2)c1C. The van der Waals surface area contributed by atoms with Gasteiger partial charge in [-0.3, -0.25) is 9.59 Å². The fraction of sp³-hybridized carbons (Fsp3) is 0.318. The van der Waals surface area contributed by atoms with E-state index in [1.54, 1.807) is 6.07 Å². The van der Waals surface area contributed by atoms with Gasteiger partial charge in [0.1, 0.15) is 5.82 Å². The van der Waals surface area contributed by atoms with Crippen molar-refractivity contribution >= 4 is 11.7 Å². The summed E-state index contributed by atoms with van der Waals surface area (Å²) in [5, 5.41) is 9.71. The summed E-state index contributed by atoms with van der Waals surface area (Å²) >= 11 is 0. The highest BCUT2D eigenvalue weighted by molar-refractivity contribution is 5.97. The van der Waals surface area contributed by atoms with Crippen LogP contribution in [0.3, 0.4) is 0 Å². The molecule has 1 unspecified atom stereocenters. The van der Waals surface area contributed by atoms with Crippen molar-refractivity contribution in [2.24, 2.45) is 0 Å². The molecular weight excluding hydrogens is 366 g/mol. The van der Waals surface area contributed by atoms with Crippen LogP contribution in [0, 0.1) is 6.92 Å². The Kier molecular flexibility index (Phi) is 5.20. The molecule has 1 aromatic carbocycles. The van der Waals surface area contributed by atoms with E-state index in [1.807, 2.05) is 31.2 Å². The Morgan fingerprint density at radius 3 is 2.72 bits per heavy atom. The maximum absolute atomic E-state index is 13.0. The number of aromatic nitrogens is 3. The monoisotopic (exact) mass is 391 g/mol. The predicted octanol–water partition coefficient (Wildman–Crippen LogP) is 2.58. The van der Waals surface area contributed by atoms with E-state index in [0.717, 1.165) is 42.3 Å². The standard InChI is InChI=1S/C22H25N5O2/c1-3-27-15(2)18(13-19(27)16-7-5-4-6-8-16)22(29)23-17-11-12-26(14-17)20-9-10-21(28)25-24-20/h4-10,13,17H,3,11-12,14H2,1-2H3,(H,23,29)(H,25,28). The lowest BCUT2D eigenvalue weighted by Crippen LogP contribution is -2.37. The molecule has 1 saturated heterocycles. The second kappa shape index (κ2) is 7.95. The van der Waals surface area contributed by atoms with Crippen molar-refractivity contribution in [1.82, 2.24) is 20.1 Å². The maximum Gasteiger partial charge on any atom is 0.264 e. The van der Waals surface area contributed by atoms with Gasteiger partial charge in [-0.2, -0.15) is 5.10 Å². The zero-order chi connectivity index (χ0) is 20.4. The number of aromatic amines is 1. The average Bonchev–Trinajstić information content (AvgIpc) is 3.33. The van der Waals surface area contributed by atoms with Crippen molar-refractivity contribution in [3.63, 3.8) is 0 Å². The van der Waals surface area contributed by atoms with E-state index < -0.39 is 0 Å². The summed E-state index contributed by atoms with van der Waals surface area (Å²) < 4.78 is 2.18. The van der Waals surface area contributed by atoms with E-state index in [4.69, 9.17) is 0 Å². The van der Waals surface area contributed by atoms with Crippen molar-refractivity contribution in [2.75, 3.05) is 18.0 Å². The van der Waals surface area contributed by atoms with Gasteiger partial charge >= 0.3 is 0 Å². The van der Waals surface area contributed by atoms with Crippen LogP contribution in [-0.4, -0.2) is 39.8 Å². The second-order valence-electron chi connectivity index (χ2n) is 7.32. The summed E-state index contributed by atoms with van der Waals surface area (Å²) in [7, 11) is 0. The van der Waals surface area contributed by atoms with E-state index >= 15 is 0 Å². The Balaban J connectivity index is 1.50. The first-order chi connectivity index (χ1) is 14.1. The van der Waals surface area contributed by atoms with E-state index in [-0.39, 0.29) is 17.5 Å². The van der Waals surface area contributed by atoms with Crippen molar-refractivity contribution in [2.45, 2.75) is 32.9 Å². The van der Waals surface area contributed by atoms with Crippen molar-refractivity contribution in [1.29, 1.82) is 0 Å². The molecule has 7 heteroatoms. The number of hydrogen-bond donors (Lipinski definition) is 2. The van der Waals surface area contributed by atoms with Crippen molar-refractivity contribution < 1.29 is 4.79 Å². The molecule has 0 aliphatic carbocycles. The van der Waals surface area contributed by atoms with Crippen LogP contribution in [0.4, 0.5) is 5.82 Å². The van der Waals surface area contributed by atoms with Crippen LogP contribution in [0.15, 0.2) is 53.3 Å². The van der Waals surface area contributed by atoms with Crippen LogP contribution in [-0.2, 0) is 6.54 Å². The van der Waals surface area contributed by atoms with E-state index in [0.29, 0.717) is 12.1 Å². The molecule has 7 nitrogen and oxygen atoms in total. The van der Waals surface area contributed by atoms with Gasteiger partial charge in [0.15, 0.2) is 0 Å². The van der Waals surface area contributed by atoms with Gasteiger partial charge in [0.2, 0.25) is 0 Å². The molecule has 2 N–H and O–H groups in total. The van der Waals surface area contributed by atoms with Crippen LogP contribution >= 0.6 is 0 Å². The summed E-state index contributed by atoms with van der Waals surface area (Å²) in [6.45, 7) is 6.35.